The maximum atomic E-state index is 4.71. The molecule has 6 nitrogen and oxygen atoms in total. The van der Waals surface area contributed by atoms with Crippen LogP contribution in [-0.2, 0) is 0 Å². The maximum absolute atomic E-state index is 4.71. The summed E-state index contributed by atoms with van der Waals surface area (Å²) in [6.07, 6.45) is 5.34. The minimum Gasteiger partial charge on any atom is -0.355 e. The lowest BCUT2D eigenvalue weighted by Crippen LogP contribution is -2.26. The largest absolute Gasteiger partial charge is 0.355 e. The zero-order valence-corrected chi connectivity index (χ0v) is 13.1. The highest BCUT2D eigenvalue weighted by Crippen LogP contribution is 2.32. The first-order valence-electron chi connectivity index (χ1n) is 7.79. The normalized spacial score (nSPS) is 18.7. The Labute approximate surface area is 125 Å². The van der Waals surface area contributed by atoms with Crippen molar-refractivity contribution in [3.63, 3.8) is 0 Å². The number of fused-ring (bicyclic) bond motifs is 1. The Morgan fingerprint density at radius 1 is 1.29 bits per heavy atom. The summed E-state index contributed by atoms with van der Waals surface area (Å²) in [7, 11) is 0. The van der Waals surface area contributed by atoms with Crippen molar-refractivity contribution < 1.29 is 0 Å². The fourth-order valence-electron chi connectivity index (χ4n) is 2.92. The third-order valence-corrected chi connectivity index (χ3v) is 4.24. The zero-order valence-electron chi connectivity index (χ0n) is 13.1. The van der Waals surface area contributed by atoms with Crippen LogP contribution in [0.4, 0.5) is 11.8 Å². The van der Waals surface area contributed by atoms with E-state index in [0.29, 0.717) is 11.4 Å². The molecule has 21 heavy (non-hydrogen) atoms. The van der Waals surface area contributed by atoms with E-state index in [1.165, 1.54) is 19.3 Å². The smallest absolute Gasteiger partial charge is 0.226 e. The molecule has 0 aliphatic carbocycles. The highest BCUT2D eigenvalue weighted by atomic mass is 15.2. The van der Waals surface area contributed by atoms with Gasteiger partial charge in [0.05, 0.1) is 6.33 Å². The average Bonchev–Trinajstić information content (AvgIpc) is 2.83. The lowest BCUT2D eigenvalue weighted by Gasteiger charge is -2.24. The Bertz CT molecular complexity index is 618. The summed E-state index contributed by atoms with van der Waals surface area (Å²) in [6, 6.07) is 0. The average molecular weight is 288 g/mol. The molecule has 0 unspecified atom stereocenters. The van der Waals surface area contributed by atoms with E-state index in [4.69, 9.17) is 4.98 Å². The first-order valence-corrected chi connectivity index (χ1v) is 7.79. The standard InChI is InChI=1S/C15H24N6/c1-4-16-14-19-12-11(17-10-18-12)13(20-14)21-8-5-6-15(2,3)7-9-21/h10H,4-9H2,1-3H3,(H2,16,17,18,19,20). The Morgan fingerprint density at radius 2 is 2.14 bits per heavy atom. The fourth-order valence-corrected chi connectivity index (χ4v) is 2.92. The lowest BCUT2D eigenvalue weighted by molar-refractivity contribution is 0.325. The molecular weight excluding hydrogens is 264 g/mol. The molecule has 0 atom stereocenters. The monoisotopic (exact) mass is 288 g/mol. The first kappa shape index (κ1) is 14.1. The third-order valence-electron chi connectivity index (χ3n) is 4.24. The van der Waals surface area contributed by atoms with Gasteiger partial charge in [0.15, 0.2) is 11.5 Å². The molecule has 0 spiro atoms. The van der Waals surface area contributed by atoms with Gasteiger partial charge in [-0.15, -0.1) is 0 Å². The minimum atomic E-state index is 0.416. The van der Waals surface area contributed by atoms with Gasteiger partial charge in [-0.2, -0.15) is 9.97 Å². The molecule has 1 aliphatic heterocycles. The van der Waals surface area contributed by atoms with Crippen molar-refractivity contribution in [3.05, 3.63) is 6.33 Å². The summed E-state index contributed by atoms with van der Waals surface area (Å²) in [5, 5.41) is 3.20. The van der Waals surface area contributed by atoms with Crippen LogP contribution in [0, 0.1) is 5.41 Å². The SMILES string of the molecule is CCNc1nc(N2CCCC(C)(C)CC2)c2[nH]cnc2n1. The molecule has 2 aromatic heterocycles. The van der Waals surface area contributed by atoms with Gasteiger partial charge in [-0.25, -0.2) is 4.98 Å². The van der Waals surface area contributed by atoms with Crippen LogP contribution in [0.2, 0.25) is 0 Å². The molecule has 0 radical (unpaired) electrons. The maximum Gasteiger partial charge on any atom is 0.226 e. The van der Waals surface area contributed by atoms with Crippen molar-refractivity contribution >= 4 is 22.9 Å². The molecule has 114 valence electrons. The van der Waals surface area contributed by atoms with Crippen LogP contribution in [-0.4, -0.2) is 39.6 Å². The quantitative estimate of drug-likeness (QED) is 0.909. The Balaban J connectivity index is 1.96. The summed E-state index contributed by atoms with van der Waals surface area (Å²) < 4.78 is 0. The van der Waals surface area contributed by atoms with Gasteiger partial charge >= 0.3 is 0 Å². The second kappa shape index (κ2) is 5.50. The van der Waals surface area contributed by atoms with Gasteiger partial charge in [-0.1, -0.05) is 13.8 Å². The molecule has 3 rings (SSSR count). The molecule has 0 amide bonds. The molecule has 1 aliphatic rings. The predicted octanol–water partition coefficient (Wildman–Crippen LogP) is 2.80. The molecule has 2 aromatic rings. The molecular formula is C15H24N6. The number of nitrogens with one attached hydrogen (secondary N) is 2. The van der Waals surface area contributed by atoms with Gasteiger partial charge in [-0.3, -0.25) is 0 Å². The van der Waals surface area contributed by atoms with E-state index in [9.17, 15) is 0 Å². The number of rotatable bonds is 3. The summed E-state index contributed by atoms with van der Waals surface area (Å²) in [4.78, 5) is 19.0. The minimum absolute atomic E-state index is 0.416. The van der Waals surface area contributed by atoms with Crippen LogP contribution in [0.15, 0.2) is 6.33 Å². The van der Waals surface area contributed by atoms with E-state index in [2.05, 4.69) is 39.0 Å². The Morgan fingerprint density at radius 3 is 2.95 bits per heavy atom. The van der Waals surface area contributed by atoms with Crippen LogP contribution >= 0.6 is 0 Å². The van der Waals surface area contributed by atoms with Gasteiger partial charge in [-0.05, 0) is 31.6 Å². The van der Waals surface area contributed by atoms with E-state index in [0.717, 1.165) is 36.6 Å². The number of nitrogens with zero attached hydrogens (tertiary/aromatic N) is 4. The van der Waals surface area contributed by atoms with Crippen LogP contribution in [0.1, 0.15) is 40.0 Å². The Hall–Kier alpha value is -1.85. The third kappa shape index (κ3) is 2.94. The number of hydrogen-bond donors (Lipinski definition) is 2. The first-order chi connectivity index (χ1) is 10.1. The fraction of sp³-hybridized carbons (Fsp3) is 0.667. The molecule has 0 bridgehead atoms. The van der Waals surface area contributed by atoms with Crippen molar-refractivity contribution in [2.24, 2.45) is 5.41 Å². The van der Waals surface area contributed by atoms with Crippen LogP contribution in [0.3, 0.4) is 0 Å². The van der Waals surface area contributed by atoms with Crippen molar-refractivity contribution in [1.82, 2.24) is 19.9 Å². The number of anilines is 2. The number of aromatic nitrogens is 4. The summed E-state index contributed by atoms with van der Waals surface area (Å²) in [6.45, 7) is 9.64. The molecule has 0 aromatic carbocycles. The second-order valence-corrected chi connectivity index (χ2v) is 6.51. The zero-order chi connectivity index (χ0) is 14.9. The van der Waals surface area contributed by atoms with Crippen molar-refractivity contribution in [3.8, 4) is 0 Å². The summed E-state index contributed by atoms with van der Waals surface area (Å²) >= 11 is 0. The van der Waals surface area contributed by atoms with Gasteiger partial charge in [0.1, 0.15) is 5.52 Å². The second-order valence-electron chi connectivity index (χ2n) is 6.51. The van der Waals surface area contributed by atoms with Gasteiger partial charge in [0.25, 0.3) is 0 Å². The molecule has 2 N–H and O–H groups in total. The van der Waals surface area contributed by atoms with E-state index in [1.54, 1.807) is 6.33 Å². The highest BCUT2D eigenvalue weighted by Gasteiger charge is 2.25. The van der Waals surface area contributed by atoms with Gasteiger partial charge in [0, 0.05) is 19.6 Å². The number of H-pyrrole nitrogens is 1. The molecule has 1 saturated heterocycles. The van der Waals surface area contributed by atoms with Crippen molar-refractivity contribution in [2.75, 3.05) is 29.9 Å². The van der Waals surface area contributed by atoms with Gasteiger partial charge in [0.2, 0.25) is 5.95 Å². The summed E-state index contributed by atoms with van der Waals surface area (Å²) in [5.74, 6) is 1.64. The lowest BCUT2D eigenvalue weighted by atomic mass is 9.85. The van der Waals surface area contributed by atoms with E-state index >= 15 is 0 Å². The van der Waals surface area contributed by atoms with Crippen molar-refractivity contribution in [2.45, 2.75) is 40.0 Å². The number of imidazole rings is 1. The number of hydrogen-bond acceptors (Lipinski definition) is 5. The van der Waals surface area contributed by atoms with E-state index in [-0.39, 0.29) is 0 Å². The van der Waals surface area contributed by atoms with Crippen LogP contribution in [0.25, 0.3) is 11.2 Å². The molecule has 6 heteroatoms. The Kier molecular flexibility index (Phi) is 3.69. The molecule has 3 heterocycles. The van der Waals surface area contributed by atoms with Gasteiger partial charge < -0.3 is 15.2 Å². The molecule has 1 fully saturated rings. The van der Waals surface area contributed by atoms with Crippen LogP contribution < -0.4 is 10.2 Å². The van der Waals surface area contributed by atoms with E-state index < -0.39 is 0 Å². The highest BCUT2D eigenvalue weighted by molar-refractivity contribution is 5.84. The summed E-state index contributed by atoms with van der Waals surface area (Å²) in [5.41, 5.74) is 2.09. The van der Waals surface area contributed by atoms with Crippen molar-refractivity contribution in [1.29, 1.82) is 0 Å². The van der Waals surface area contributed by atoms with Crippen LogP contribution in [0.5, 0.6) is 0 Å². The topological polar surface area (TPSA) is 69.7 Å². The number of aromatic amines is 1. The predicted molar refractivity (Wildman–Crippen MR) is 85.7 cm³/mol. The van der Waals surface area contributed by atoms with E-state index in [1.807, 2.05) is 6.92 Å². The molecule has 0 saturated carbocycles.